The zero-order valence-electron chi connectivity index (χ0n) is 11.0. The lowest BCUT2D eigenvalue weighted by Gasteiger charge is -2.03. The van der Waals surface area contributed by atoms with Crippen molar-refractivity contribution in [2.75, 3.05) is 0 Å². The summed E-state index contributed by atoms with van der Waals surface area (Å²) in [4.78, 5) is 10.6. The molecule has 1 heterocycles. The molecule has 3 rings (SSSR count). The van der Waals surface area contributed by atoms with Gasteiger partial charge in [-0.2, -0.15) is 0 Å². The van der Waals surface area contributed by atoms with Crippen LogP contribution >= 0.6 is 15.9 Å². The van der Waals surface area contributed by atoms with Gasteiger partial charge in [-0.05, 0) is 35.0 Å². The topological polar surface area (TPSA) is 68.0 Å². The Morgan fingerprint density at radius 3 is 2.76 bits per heavy atom. The molecule has 0 aliphatic heterocycles. The number of rotatable bonds is 4. The quantitative estimate of drug-likeness (QED) is 0.788. The van der Waals surface area contributed by atoms with Crippen molar-refractivity contribution < 1.29 is 9.90 Å². The van der Waals surface area contributed by atoms with Crippen LogP contribution in [0.2, 0.25) is 0 Å². The van der Waals surface area contributed by atoms with Crippen LogP contribution in [0.25, 0.3) is 16.5 Å². The van der Waals surface area contributed by atoms with Gasteiger partial charge in [-0.15, -0.1) is 5.10 Å². The fourth-order valence-corrected chi connectivity index (χ4v) is 2.50. The van der Waals surface area contributed by atoms with E-state index in [1.165, 1.54) is 0 Å². The van der Waals surface area contributed by atoms with Crippen LogP contribution in [0.1, 0.15) is 12.1 Å². The molecule has 6 heteroatoms. The molecule has 1 aromatic heterocycles. The standard InChI is InChI=1S/C15H12BrN3O2/c16-12-3-1-11-8-14(5-2-10(11)7-12)19-9-13(17-18-19)4-6-15(20)21/h1-3,5,7-9H,4,6H2,(H,20,21). The van der Waals surface area contributed by atoms with Crippen molar-refractivity contribution in [1.29, 1.82) is 0 Å². The molecule has 1 N–H and O–H groups in total. The van der Waals surface area contributed by atoms with Crippen LogP contribution in [0.4, 0.5) is 0 Å². The average Bonchev–Trinajstić information content (AvgIpc) is 2.93. The highest BCUT2D eigenvalue weighted by atomic mass is 79.9. The normalized spacial score (nSPS) is 10.9. The van der Waals surface area contributed by atoms with E-state index in [4.69, 9.17) is 5.11 Å². The predicted molar refractivity (Wildman–Crippen MR) is 82.5 cm³/mol. The first-order valence-corrected chi connectivity index (χ1v) is 7.24. The van der Waals surface area contributed by atoms with Gasteiger partial charge in [0.05, 0.1) is 24.0 Å². The highest BCUT2D eigenvalue weighted by Gasteiger charge is 2.06. The molecule has 3 aromatic rings. The Bertz CT molecular complexity index is 814. The van der Waals surface area contributed by atoms with Gasteiger partial charge in [-0.3, -0.25) is 4.79 Å². The van der Waals surface area contributed by atoms with Gasteiger partial charge in [0.2, 0.25) is 0 Å². The fourth-order valence-electron chi connectivity index (χ4n) is 2.12. The third-order valence-electron chi connectivity index (χ3n) is 3.19. The van der Waals surface area contributed by atoms with Gasteiger partial charge in [-0.1, -0.05) is 33.3 Å². The number of carbonyl (C=O) groups is 1. The lowest BCUT2D eigenvalue weighted by Crippen LogP contribution is -1.97. The number of aromatic nitrogens is 3. The molecule has 2 aromatic carbocycles. The molecule has 0 unspecified atom stereocenters. The Hall–Kier alpha value is -2.21. The van der Waals surface area contributed by atoms with Crippen molar-refractivity contribution >= 4 is 32.7 Å². The van der Waals surface area contributed by atoms with E-state index in [1.807, 2.05) is 30.3 Å². The van der Waals surface area contributed by atoms with Gasteiger partial charge < -0.3 is 5.11 Å². The molecular weight excluding hydrogens is 334 g/mol. The maximum Gasteiger partial charge on any atom is 0.303 e. The summed E-state index contributed by atoms with van der Waals surface area (Å²) in [6.07, 6.45) is 2.21. The molecule has 0 spiro atoms. The summed E-state index contributed by atoms with van der Waals surface area (Å²) >= 11 is 3.45. The van der Waals surface area contributed by atoms with Crippen LogP contribution in [-0.4, -0.2) is 26.1 Å². The number of carboxylic acid groups (broad SMARTS) is 1. The Labute approximate surface area is 129 Å². The summed E-state index contributed by atoms with van der Waals surface area (Å²) in [6, 6.07) is 12.1. The summed E-state index contributed by atoms with van der Waals surface area (Å²) in [7, 11) is 0. The number of carboxylic acids is 1. The molecule has 21 heavy (non-hydrogen) atoms. The van der Waals surface area contributed by atoms with E-state index in [9.17, 15) is 4.79 Å². The van der Waals surface area contributed by atoms with Crippen molar-refractivity contribution in [2.24, 2.45) is 0 Å². The smallest absolute Gasteiger partial charge is 0.303 e. The first-order valence-electron chi connectivity index (χ1n) is 6.44. The van der Waals surface area contributed by atoms with Gasteiger partial charge >= 0.3 is 5.97 Å². The molecule has 0 amide bonds. The highest BCUT2D eigenvalue weighted by molar-refractivity contribution is 9.10. The maximum absolute atomic E-state index is 10.6. The summed E-state index contributed by atoms with van der Waals surface area (Å²) in [5.41, 5.74) is 1.58. The minimum atomic E-state index is -0.833. The molecular formula is C15H12BrN3O2. The van der Waals surface area contributed by atoms with E-state index < -0.39 is 5.97 Å². The van der Waals surface area contributed by atoms with E-state index >= 15 is 0 Å². The lowest BCUT2D eigenvalue weighted by molar-refractivity contribution is -0.136. The molecule has 0 atom stereocenters. The third-order valence-corrected chi connectivity index (χ3v) is 3.68. The van der Waals surface area contributed by atoms with Gasteiger partial charge in [-0.25, -0.2) is 4.68 Å². The van der Waals surface area contributed by atoms with Crippen molar-refractivity contribution in [1.82, 2.24) is 15.0 Å². The second kappa shape index (κ2) is 5.65. The van der Waals surface area contributed by atoms with Gasteiger partial charge in [0.25, 0.3) is 0 Å². The SMILES string of the molecule is O=C(O)CCc1cn(-c2ccc3cc(Br)ccc3c2)nn1. The van der Waals surface area contributed by atoms with Crippen LogP contribution in [0.15, 0.2) is 47.1 Å². The molecule has 0 fully saturated rings. The summed E-state index contributed by atoms with van der Waals surface area (Å²) in [5, 5.41) is 19.0. The zero-order valence-corrected chi connectivity index (χ0v) is 12.6. The number of aliphatic carboxylic acids is 1. The number of fused-ring (bicyclic) bond motifs is 1. The minimum Gasteiger partial charge on any atom is -0.481 e. The van der Waals surface area contributed by atoms with Gasteiger partial charge in [0.1, 0.15) is 0 Å². The van der Waals surface area contributed by atoms with Gasteiger partial charge in [0.15, 0.2) is 0 Å². The summed E-state index contributed by atoms with van der Waals surface area (Å²) in [5.74, 6) is -0.833. The van der Waals surface area contributed by atoms with Crippen LogP contribution in [0, 0.1) is 0 Å². The summed E-state index contributed by atoms with van der Waals surface area (Å²) in [6.45, 7) is 0. The predicted octanol–water partition coefficient (Wildman–Crippen LogP) is 3.20. The van der Waals surface area contributed by atoms with E-state index in [1.54, 1.807) is 10.9 Å². The first kappa shape index (κ1) is 13.8. The molecule has 0 saturated carbocycles. The molecule has 5 nitrogen and oxygen atoms in total. The molecule has 106 valence electrons. The van der Waals surface area contributed by atoms with Crippen molar-refractivity contribution in [3.05, 3.63) is 52.8 Å². The number of aryl methyl sites for hydroxylation is 1. The Balaban J connectivity index is 1.89. The molecule has 0 saturated heterocycles. The van der Waals surface area contributed by atoms with E-state index in [-0.39, 0.29) is 6.42 Å². The minimum absolute atomic E-state index is 0.0600. The van der Waals surface area contributed by atoms with Crippen molar-refractivity contribution in [3.8, 4) is 5.69 Å². The Morgan fingerprint density at radius 2 is 1.95 bits per heavy atom. The number of benzene rings is 2. The number of hydrogen-bond acceptors (Lipinski definition) is 3. The number of nitrogens with zero attached hydrogens (tertiary/aromatic N) is 3. The van der Waals surface area contributed by atoms with E-state index in [0.717, 1.165) is 20.9 Å². The van der Waals surface area contributed by atoms with Crippen molar-refractivity contribution in [3.63, 3.8) is 0 Å². The second-order valence-corrected chi connectivity index (χ2v) is 5.64. The lowest BCUT2D eigenvalue weighted by atomic mass is 10.1. The summed E-state index contributed by atoms with van der Waals surface area (Å²) < 4.78 is 2.71. The third kappa shape index (κ3) is 3.11. The average molecular weight is 346 g/mol. The number of hydrogen-bond donors (Lipinski definition) is 1. The maximum atomic E-state index is 10.6. The monoisotopic (exact) mass is 345 g/mol. The number of halogens is 1. The Morgan fingerprint density at radius 1 is 1.19 bits per heavy atom. The van der Waals surface area contributed by atoms with Crippen LogP contribution in [0.5, 0.6) is 0 Å². The Kier molecular flexibility index (Phi) is 3.70. The highest BCUT2D eigenvalue weighted by Crippen LogP contribution is 2.22. The molecule has 0 bridgehead atoms. The molecule has 0 aliphatic rings. The molecule has 0 aliphatic carbocycles. The van der Waals surface area contributed by atoms with Crippen LogP contribution in [-0.2, 0) is 11.2 Å². The van der Waals surface area contributed by atoms with E-state index in [2.05, 4.69) is 32.3 Å². The largest absolute Gasteiger partial charge is 0.481 e. The molecule has 0 radical (unpaired) electrons. The zero-order chi connectivity index (χ0) is 14.8. The fraction of sp³-hybridized carbons (Fsp3) is 0.133. The van der Waals surface area contributed by atoms with Gasteiger partial charge in [0, 0.05) is 10.9 Å². The van der Waals surface area contributed by atoms with Crippen molar-refractivity contribution in [2.45, 2.75) is 12.8 Å². The second-order valence-electron chi connectivity index (χ2n) is 4.72. The van der Waals surface area contributed by atoms with Crippen LogP contribution in [0.3, 0.4) is 0 Å². The first-order chi connectivity index (χ1) is 10.1. The van der Waals surface area contributed by atoms with E-state index in [0.29, 0.717) is 12.1 Å². The van der Waals surface area contributed by atoms with Crippen LogP contribution < -0.4 is 0 Å².